The lowest BCUT2D eigenvalue weighted by Crippen LogP contribution is -2.33. The highest BCUT2D eigenvalue weighted by Crippen LogP contribution is 2.25. The van der Waals surface area contributed by atoms with E-state index < -0.39 is 0 Å². The molecular weight excluding hydrogens is 238 g/mol. The quantitative estimate of drug-likeness (QED) is 0.826. The molecule has 3 heteroatoms. The molecule has 1 saturated carbocycles. The molecule has 1 amide bonds. The number of benzene rings is 1. The first-order valence-corrected chi connectivity index (χ1v) is 7.24. The summed E-state index contributed by atoms with van der Waals surface area (Å²) in [7, 11) is 0. The second kappa shape index (κ2) is 7.29. The number of aliphatic hydroxyl groups is 1. The molecule has 2 rings (SSSR count). The maximum absolute atomic E-state index is 12.0. The fraction of sp³-hybridized carbons (Fsp3) is 0.562. The topological polar surface area (TPSA) is 49.3 Å². The van der Waals surface area contributed by atoms with Gasteiger partial charge in [-0.25, -0.2) is 0 Å². The lowest BCUT2D eigenvalue weighted by molar-refractivity contribution is -0.124. The Hall–Kier alpha value is -1.35. The van der Waals surface area contributed by atoms with Gasteiger partial charge in [-0.3, -0.25) is 4.79 Å². The summed E-state index contributed by atoms with van der Waals surface area (Å²) in [6.45, 7) is 0.777. The lowest BCUT2D eigenvalue weighted by Gasteiger charge is -2.18. The highest BCUT2D eigenvalue weighted by Gasteiger charge is 2.23. The van der Waals surface area contributed by atoms with Gasteiger partial charge in [-0.15, -0.1) is 0 Å². The van der Waals surface area contributed by atoms with Gasteiger partial charge < -0.3 is 10.4 Å². The minimum absolute atomic E-state index is 0.152. The average molecular weight is 261 g/mol. The molecule has 0 bridgehead atoms. The fourth-order valence-electron chi connectivity index (χ4n) is 2.82. The van der Waals surface area contributed by atoms with Crippen LogP contribution in [-0.4, -0.2) is 24.2 Å². The van der Waals surface area contributed by atoms with E-state index in [2.05, 4.69) is 17.4 Å². The first kappa shape index (κ1) is 14.1. The van der Waals surface area contributed by atoms with Crippen LogP contribution >= 0.6 is 0 Å². The number of carbonyl (C=O) groups is 1. The number of amides is 1. The van der Waals surface area contributed by atoms with Gasteiger partial charge >= 0.3 is 0 Å². The number of hydrogen-bond acceptors (Lipinski definition) is 2. The van der Waals surface area contributed by atoms with Crippen molar-refractivity contribution in [3.63, 3.8) is 0 Å². The fourth-order valence-corrected chi connectivity index (χ4v) is 2.82. The third-order valence-electron chi connectivity index (χ3n) is 4.00. The monoisotopic (exact) mass is 261 g/mol. The molecule has 1 fully saturated rings. The van der Waals surface area contributed by atoms with Gasteiger partial charge in [-0.05, 0) is 24.8 Å². The van der Waals surface area contributed by atoms with Crippen molar-refractivity contribution in [2.45, 2.75) is 38.0 Å². The predicted octanol–water partition coefficient (Wildman–Crippen LogP) is 2.46. The summed E-state index contributed by atoms with van der Waals surface area (Å²) in [6.07, 6.45) is 5.10. The minimum Gasteiger partial charge on any atom is -0.396 e. The van der Waals surface area contributed by atoms with Crippen LogP contribution in [0.5, 0.6) is 0 Å². The molecule has 0 aromatic heterocycles. The zero-order valence-electron chi connectivity index (χ0n) is 11.3. The van der Waals surface area contributed by atoms with Crippen LogP contribution in [0.15, 0.2) is 30.3 Å². The molecule has 1 aliphatic rings. The van der Waals surface area contributed by atoms with Crippen molar-refractivity contribution in [3.05, 3.63) is 35.9 Å². The van der Waals surface area contributed by atoms with Crippen LogP contribution in [0.4, 0.5) is 0 Å². The molecule has 0 saturated heterocycles. The van der Waals surface area contributed by atoms with E-state index in [1.807, 2.05) is 18.2 Å². The van der Waals surface area contributed by atoms with Crippen LogP contribution < -0.4 is 5.32 Å². The number of carbonyl (C=O) groups excluding carboxylic acids is 1. The van der Waals surface area contributed by atoms with Crippen molar-refractivity contribution in [2.75, 3.05) is 13.2 Å². The first-order chi connectivity index (χ1) is 9.31. The standard InChI is InChI=1S/C16H23NO2/c18-11-10-15(13-6-2-1-3-7-13)12-17-16(19)14-8-4-5-9-14/h1-3,6-7,14-15,18H,4-5,8-12H2,(H,17,19). The zero-order chi connectivity index (χ0) is 13.5. The van der Waals surface area contributed by atoms with E-state index in [0.29, 0.717) is 13.0 Å². The first-order valence-electron chi connectivity index (χ1n) is 7.24. The Morgan fingerprint density at radius 1 is 1.26 bits per heavy atom. The van der Waals surface area contributed by atoms with Gasteiger partial charge in [0.15, 0.2) is 0 Å². The minimum atomic E-state index is 0.152. The molecule has 1 atom stereocenters. The molecule has 3 nitrogen and oxygen atoms in total. The molecule has 19 heavy (non-hydrogen) atoms. The third-order valence-corrected chi connectivity index (χ3v) is 4.00. The van der Waals surface area contributed by atoms with Crippen LogP contribution in [0.25, 0.3) is 0 Å². The van der Waals surface area contributed by atoms with Crippen molar-refractivity contribution in [1.29, 1.82) is 0 Å². The predicted molar refractivity (Wildman–Crippen MR) is 75.9 cm³/mol. The smallest absolute Gasteiger partial charge is 0.223 e. The second-order valence-electron chi connectivity index (χ2n) is 5.35. The number of hydrogen-bond donors (Lipinski definition) is 2. The van der Waals surface area contributed by atoms with Crippen LogP contribution in [0.3, 0.4) is 0 Å². The summed E-state index contributed by atoms with van der Waals surface area (Å²) >= 11 is 0. The highest BCUT2D eigenvalue weighted by atomic mass is 16.3. The molecule has 0 heterocycles. The van der Waals surface area contributed by atoms with Crippen molar-refractivity contribution in [1.82, 2.24) is 5.32 Å². The molecule has 1 unspecified atom stereocenters. The van der Waals surface area contributed by atoms with E-state index in [4.69, 9.17) is 5.11 Å². The van der Waals surface area contributed by atoms with E-state index in [1.54, 1.807) is 0 Å². The molecule has 0 radical (unpaired) electrons. The van der Waals surface area contributed by atoms with E-state index in [1.165, 1.54) is 18.4 Å². The molecular formula is C16H23NO2. The van der Waals surface area contributed by atoms with E-state index in [-0.39, 0.29) is 24.3 Å². The second-order valence-corrected chi connectivity index (χ2v) is 5.35. The van der Waals surface area contributed by atoms with Gasteiger partial charge in [0.1, 0.15) is 0 Å². The Bertz CT molecular complexity index is 385. The maximum Gasteiger partial charge on any atom is 0.223 e. The van der Waals surface area contributed by atoms with Crippen LogP contribution in [-0.2, 0) is 4.79 Å². The Kier molecular flexibility index (Phi) is 5.40. The molecule has 0 aliphatic heterocycles. The van der Waals surface area contributed by atoms with Crippen molar-refractivity contribution in [2.24, 2.45) is 5.92 Å². The van der Waals surface area contributed by atoms with Crippen LogP contribution in [0, 0.1) is 5.92 Å². The van der Waals surface area contributed by atoms with Crippen molar-refractivity contribution in [3.8, 4) is 0 Å². The van der Waals surface area contributed by atoms with Gasteiger partial charge in [-0.1, -0.05) is 43.2 Å². The lowest BCUT2D eigenvalue weighted by atomic mass is 9.95. The van der Waals surface area contributed by atoms with Crippen LogP contribution in [0.2, 0.25) is 0 Å². The zero-order valence-corrected chi connectivity index (χ0v) is 11.3. The largest absolute Gasteiger partial charge is 0.396 e. The van der Waals surface area contributed by atoms with Gasteiger partial charge in [0, 0.05) is 25.0 Å². The number of rotatable bonds is 6. The summed E-state index contributed by atoms with van der Waals surface area (Å²) in [4.78, 5) is 12.0. The van der Waals surface area contributed by atoms with Crippen molar-refractivity contribution >= 4 is 5.91 Å². The van der Waals surface area contributed by atoms with E-state index >= 15 is 0 Å². The Labute approximate surface area is 115 Å². The van der Waals surface area contributed by atoms with E-state index in [9.17, 15) is 4.79 Å². The van der Waals surface area contributed by atoms with Gasteiger partial charge in [0.25, 0.3) is 0 Å². The molecule has 104 valence electrons. The van der Waals surface area contributed by atoms with Gasteiger partial charge in [0.2, 0.25) is 5.91 Å². The SMILES string of the molecule is O=C(NCC(CCO)c1ccccc1)C1CCCC1. The van der Waals surface area contributed by atoms with Crippen molar-refractivity contribution < 1.29 is 9.90 Å². The normalized spacial score (nSPS) is 17.3. The maximum atomic E-state index is 12.0. The Morgan fingerprint density at radius 2 is 1.95 bits per heavy atom. The molecule has 1 aromatic rings. The molecule has 2 N–H and O–H groups in total. The summed E-state index contributed by atoms with van der Waals surface area (Å²) in [5, 5.41) is 12.2. The third kappa shape index (κ3) is 4.06. The molecule has 1 aliphatic carbocycles. The van der Waals surface area contributed by atoms with Gasteiger partial charge in [0.05, 0.1) is 0 Å². The summed E-state index contributed by atoms with van der Waals surface area (Å²) in [6, 6.07) is 10.1. The van der Waals surface area contributed by atoms with Crippen LogP contribution in [0.1, 0.15) is 43.6 Å². The summed E-state index contributed by atoms with van der Waals surface area (Å²) < 4.78 is 0. The Morgan fingerprint density at radius 3 is 2.58 bits per heavy atom. The van der Waals surface area contributed by atoms with E-state index in [0.717, 1.165) is 12.8 Å². The Balaban J connectivity index is 1.88. The molecule has 0 spiro atoms. The summed E-state index contributed by atoms with van der Waals surface area (Å²) in [5.41, 5.74) is 1.18. The summed E-state index contributed by atoms with van der Waals surface area (Å²) in [5.74, 6) is 0.610. The number of nitrogens with one attached hydrogen (secondary N) is 1. The number of aliphatic hydroxyl groups excluding tert-OH is 1. The molecule has 1 aromatic carbocycles. The average Bonchev–Trinajstić information content (AvgIpc) is 2.98. The highest BCUT2D eigenvalue weighted by molar-refractivity contribution is 5.78. The van der Waals surface area contributed by atoms with Gasteiger partial charge in [-0.2, -0.15) is 0 Å².